The van der Waals surface area contributed by atoms with Gasteiger partial charge in [-0.1, -0.05) is 17.7 Å². The molecule has 0 atom stereocenters. The van der Waals surface area contributed by atoms with Crippen molar-refractivity contribution in [2.24, 2.45) is 0 Å². The predicted molar refractivity (Wildman–Crippen MR) is 94.5 cm³/mol. The molecule has 0 radical (unpaired) electrons. The van der Waals surface area contributed by atoms with Crippen molar-refractivity contribution in [2.45, 2.75) is 18.8 Å². The Kier molecular flexibility index (Phi) is 4.17. The lowest BCUT2D eigenvalue weighted by Gasteiger charge is -2.32. The van der Waals surface area contributed by atoms with Crippen LogP contribution in [-0.2, 0) is 0 Å². The van der Waals surface area contributed by atoms with Gasteiger partial charge in [0, 0.05) is 18.1 Å². The first kappa shape index (κ1) is 16.1. The molecule has 1 aliphatic rings. The van der Waals surface area contributed by atoms with Crippen molar-refractivity contribution in [1.82, 2.24) is 14.3 Å². The van der Waals surface area contributed by atoms with E-state index in [0.717, 1.165) is 23.9 Å². The Labute approximate surface area is 149 Å². The zero-order valence-corrected chi connectivity index (χ0v) is 14.3. The molecule has 25 heavy (non-hydrogen) atoms. The Bertz CT molecular complexity index is 911. The average Bonchev–Trinajstić information content (AvgIpc) is 3.09. The number of carbonyl (C=O) groups is 1. The number of hydrogen-bond donors (Lipinski definition) is 0. The number of likely N-dealkylation sites (tertiary alicyclic amines) is 1. The normalized spacial score (nSPS) is 15.7. The summed E-state index contributed by atoms with van der Waals surface area (Å²) in [5, 5.41) is 0.417. The van der Waals surface area contributed by atoms with Gasteiger partial charge in [0.15, 0.2) is 0 Å². The van der Waals surface area contributed by atoms with Crippen LogP contribution in [0.5, 0.6) is 0 Å². The quantitative estimate of drug-likeness (QED) is 0.691. The van der Waals surface area contributed by atoms with Crippen LogP contribution in [0.3, 0.4) is 0 Å². The fraction of sp³-hybridized carbons (Fsp3) is 0.263. The third-order valence-electron chi connectivity index (χ3n) is 4.81. The minimum absolute atomic E-state index is 0.000625. The Morgan fingerprint density at radius 1 is 1.20 bits per heavy atom. The van der Waals surface area contributed by atoms with Crippen LogP contribution in [0.2, 0.25) is 5.02 Å². The highest BCUT2D eigenvalue weighted by atomic mass is 35.5. The van der Waals surface area contributed by atoms with Gasteiger partial charge in [-0.05, 0) is 54.7 Å². The summed E-state index contributed by atoms with van der Waals surface area (Å²) in [6, 6.07) is 10.3. The molecule has 0 spiro atoms. The number of rotatable bonds is 2. The molecule has 0 N–H and O–H groups in total. The van der Waals surface area contributed by atoms with Crippen LogP contribution in [-0.4, -0.2) is 33.3 Å². The number of imidazole rings is 1. The molecule has 6 heteroatoms. The standard InChI is InChI=1S/C19H17ClFN3O/c20-15-8-14(9-16(21)10-15)13-4-6-23(7-5-13)19(25)18-3-1-2-17-11-22-12-24(17)18/h1-3,8-13H,4-7H2. The number of pyridine rings is 1. The number of halogens is 2. The number of fused-ring (bicyclic) bond motifs is 1. The van der Waals surface area contributed by atoms with E-state index in [9.17, 15) is 9.18 Å². The fourth-order valence-electron chi connectivity index (χ4n) is 3.51. The highest BCUT2D eigenvalue weighted by Gasteiger charge is 2.26. The molecule has 3 aromatic rings. The molecule has 0 unspecified atom stereocenters. The van der Waals surface area contributed by atoms with E-state index in [1.807, 2.05) is 29.2 Å². The summed E-state index contributed by atoms with van der Waals surface area (Å²) in [5.74, 6) is -0.0894. The SMILES string of the molecule is O=C(c1cccc2cncn12)N1CCC(c2cc(F)cc(Cl)c2)CC1. The van der Waals surface area contributed by atoms with Crippen molar-refractivity contribution in [3.63, 3.8) is 0 Å². The second kappa shape index (κ2) is 6.48. The lowest BCUT2D eigenvalue weighted by Crippen LogP contribution is -2.38. The van der Waals surface area contributed by atoms with Gasteiger partial charge in [0.2, 0.25) is 0 Å². The number of carbonyl (C=O) groups excluding carboxylic acids is 1. The second-order valence-corrected chi connectivity index (χ2v) is 6.81. The maximum Gasteiger partial charge on any atom is 0.270 e. The van der Waals surface area contributed by atoms with Gasteiger partial charge in [-0.25, -0.2) is 9.37 Å². The number of amides is 1. The molecule has 1 aliphatic heterocycles. The topological polar surface area (TPSA) is 37.6 Å². The van der Waals surface area contributed by atoms with Crippen LogP contribution in [0.25, 0.3) is 5.52 Å². The van der Waals surface area contributed by atoms with Crippen LogP contribution >= 0.6 is 11.6 Å². The molecule has 1 aromatic carbocycles. The molecule has 2 aromatic heterocycles. The highest BCUT2D eigenvalue weighted by Crippen LogP contribution is 2.30. The summed E-state index contributed by atoms with van der Waals surface area (Å²) in [6.45, 7) is 1.28. The van der Waals surface area contributed by atoms with Crippen molar-refractivity contribution in [3.8, 4) is 0 Å². The summed E-state index contributed by atoms with van der Waals surface area (Å²) in [5.41, 5.74) is 2.42. The van der Waals surface area contributed by atoms with E-state index in [-0.39, 0.29) is 17.6 Å². The number of benzene rings is 1. The third-order valence-corrected chi connectivity index (χ3v) is 5.02. The Balaban J connectivity index is 1.50. The first-order chi connectivity index (χ1) is 12.1. The van der Waals surface area contributed by atoms with Gasteiger partial charge in [-0.2, -0.15) is 0 Å². The maximum atomic E-state index is 13.6. The Morgan fingerprint density at radius 3 is 2.76 bits per heavy atom. The highest BCUT2D eigenvalue weighted by molar-refractivity contribution is 6.30. The van der Waals surface area contributed by atoms with E-state index in [2.05, 4.69) is 4.98 Å². The van der Waals surface area contributed by atoms with E-state index in [1.165, 1.54) is 6.07 Å². The zero-order valence-electron chi connectivity index (χ0n) is 13.5. The largest absolute Gasteiger partial charge is 0.337 e. The van der Waals surface area contributed by atoms with Crippen molar-refractivity contribution >= 4 is 23.0 Å². The first-order valence-electron chi connectivity index (χ1n) is 8.28. The molecular weight excluding hydrogens is 341 g/mol. The fourth-order valence-corrected chi connectivity index (χ4v) is 3.74. The summed E-state index contributed by atoms with van der Waals surface area (Å²) in [7, 11) is 0. The van der Waals surface area contributed by atoms with E-state index in [0.29, 0.717) is 23.8 Å². The molecule has 1 amide bonds. The predicted octanol–water partition coefficient (Wildman–Crippen LogP) is 4.15. The molecule has 4 rings (SSSR count). The summed E-state index contributed by atoms with van der Waals surface area (Å²) in [4.78, 5) is 18.8. The van der Waals surface area contributed by atoms with Crippen molar-refractivity contribution in [3.05, 3.63) is 71.0 Å². The molecule has 0 saturated carbocycles. The lowest BCUT2D eigenvalue weighted by molar-refractivity contribution is 0.0705. The maximum absolute atomic E-state index is 13.6. The molecular formula is C19H17ClFN3O. The molecule has 3 heterocycles. The molecule has 1 fully saturated rings. The molecule has 1 saturated heterocycles. The number of aromatic nitrogens is 2. The van der Waals surface area contributed by atoms with Gasteiger partial charge in [0.25, 0.3) is 5.91 Å². The Hall–Kier alpha value is -2.40. The third kappa shape index (κ3) is 3.12. The molecule has 128 valence electrons. The van der Waals surface area contributed by atoms with Gasteiger partial charge in [-0.15, -0.1) is 0 Å². The number of piperidine rings is 1. The van der Waals surface area contributed by atoms with Gasteiger partial charge in [0.05, 0.1) is 18.0 Å². The van der Waals surface area contributed by atoms with E-state index in [1.54, 1.807) is 23.0 Å². The van der Waals surface area contributed by atoms with Crippen LogP contribution in [0.1, 0.15) is 34.8 Å². The van der Waals surface area contributed by atoms with Crippen LogP contribution in [0.15, 0.2) is 48.9 Å². The van der Waals surface area contributed by atoms with Gasteiger partial charge < -0.3 is 4.90 Å². The second-order valence-electron chi connectivity index (χ2n) is 6.37. The smallest absolute Gasteiger partial charge is 0.270 e. The zero-order chi connectivity index (χ0) is 17.4. The van der Waals surface area contributed by atoms with Crippen LogP contribution in [0, 0.1) is 5.82 Å². The van der Waals surface area contributed by atoms with Crippen LogP contribution < -0.4 is 0 Å². The van der Waals surface area contributed by atoms with E-state index in [4.69, 9.17) is 11.6 Å². The average molecular weight is 358 g/mol. The minimum atomic E-state index is -0.312. The Morgan fingerprint density at radius 2 is 2.00 bits per heavy atom. The van der Waals surface area contributed by atoms with Gasteiger partial charge in [-0.3, -0.25) is 9.20 Å². The van der Waals surface area contributed by atoms with Crippen molar-refractivity contribution < 1.29 is 9.18 Å². The minimum Gasteiger partial charge on any atom is -0.337 e. The van der Waals surface area contributed by atoms with E-state index < -0.39 is 0 Å². The summed E-state index contributed by atoms with van der Waals surface area (Å²) in [6.07, 6.45) is 4.98. The summed E-state index contributed by atoms with van der Waals surface area (Å²) < 4.78 is 15.4. The van der Waals surface area contributed by atoms with Gasteiger partial charge >= 0.3 is 0 Å². The van der Waals surface area contributed by atoms with Gasteiger partial charge in [0.1, 0.15) is 11.5 Å². The number of hydrogen-bond acceptors (Lipinski definition) is 2. The first-order valence-corrected chi connectivity index (χ1v) is 8.66. The molecule has 0 bridgehead atoms. The van der Waals surface area contributed by atoms with Crippen LogP contribution in [0.4, 0.5) is 4.39 Å². The lowest BCUT2D eigenvalue weighted by atomic mass is 9.89. The summed E-state index contributed by atoms with van der Waals surface area (Å²) >= 11 is 5.96. The number of nitrogens with zero attached hydrogens (tertiary/aromatic N) is 3. The monoisotopic (exact) mass is 357 g/mol. The molecule has 0 aliphatic carbocycles. The van der Waals surface area contributed by atoms with E-state index >= 15 is 0 Å². The molecule has 4 nitrogen and oxygen atoms in total. The van der Waals surface area contributed by atoms with Crippen molar-refractivity contribution in [1.29, 1.82) is 0 Å². The van der Waals surface area contributed by atoms with Crippen molar-refractivity contribution in [2.75, 3.05) is 13.1 Å².